The van der Waals surface area contributed by atoms with Crippen molar-refractivity contribution < 1.29 is 5.11 Å². The van der Waals surface area contributed by atoms with E-state index in [9.17, 15) is 5.11 Å². The van der Waals surface area contributed by atoms with Gasteiger partial charge in [-0.1, -0.05) is 63.6 Å². The van der Waals surface area contributed by atoms with Gasteiger partial charge in [0.1, 0.15) is 0 Å². The van der Waals surface area contributed by atoms with Gasteiger partial charge in [-0.3, -0.25) is 4.68 Å². The van der Waals surface area contributed by atoms with E-state index in [1.807, 2.05) is 60.8 Å². The van der Waals surface area contributed by atoms with E-state index in [2.05, 4.69) is 26.2 Å². The minimum absolute atomic E-state index is 0.0934. The summed E-state index contributed by atoms with van der Waals surface area (Å²) in [5.74, 6) is -0.0934. The topological polar surface area (TPSA) is 50.9 Å². The molecule has 0 saturated heterocycles. The van der Waals surface area contributed by atoms with Gasteiger partial charge in [-0.15, -0.1) is 5.10 Å². The Morgan fingerprint density at radius 1 is 1.00 bits per heavy atom. The Morgan fingerprint density at radius 2 is 1.73 bits per heavy atom. The zero-order chi connectivity index (χ0) is 15.4. The second-order valence-electron chi connectivity index (χ2n) is 5.14. The van der Waals surface area contributed by atoms with Gasteiger partial charge in [0.25, 0.3) is 0 Å². The first-order valence-electron chi connectivity index (χ1n) is 7.06. The molecule has 0 radical (unpaired) electrons. The highest BCUT2D eigenvalue weighted by Crippen LogP contribution is 2.32. The van der Waals surface area contributed by atoms with Gasteiger partial charge in [-0.05, 0) is 23.3 Å². The summed E-state index contributed by atoms with van der Waals surface area (Å²) in [6.45, 7) is 0.571. The van der Waals surface area contributed by atoms with E-state index in [1.54, 1.807) is 10.9 Å². The monoisotopic (exact) mass is 357 g/mol. The molecule has 0 spiro atoms. The molecule has 5 heteroatoms. The van der Waals surface area contributed by atoms with Crippen LogP contribution in [0, 0.1) is 0 Å². The van der Waals surface area contributed by atoms with Gasteiger partial charge in [0.05, 0.1) is 18.8 Å². The lowest BCUT2D eigenvalue weighted by atomic mass is 9.89. The van der Waals surface area contributed by atoms with E-state index in [0.29, 0.717) is 6.54 Å². The van der Waals surface area contributed by atoms with Gasteiger partial charge < -0.3 is 5.11 Å². The average Bonchev–Trinajstić information content (AvgIpc) is 3.07. The summed E-state index contributed by atoms with van der Waals surface area (Å²) in [5, 5.41) is 18.7. The quantitative estimate of drug-likeness (QED) is 0.759. The number of aliphatic hydroxyl groups is 1. The zero-order valence-electron chi connectivity index (χ0n) is 11.9. The minimum Gasteiger partial charge on any atom is -0.388 e. The predicted molar refractivity (Wildman–Crippen MR) is 88.3 cm³/mol. The summed E-state index contributed by atoms with van der Waals surface area (Å²) in [5.41, 5.74) is 1.96. The summed E-state index contributed by atoms with van der Waals surface area (Å²) in [4.78, 5) is 0. The molecule has 0 fully saturated rings. The van der Waals surface area contributed by atoms with Gasteiger partial charge in [0.2, 0.25) is 0 Å². The zero-order valence-corrected chi connectivity index (χ0v) is 13.5. The molecule has 0 aliphatic carbocycles. The minimum atomic E-state index is -0.611. The number of benzene rings is 2. The summed E-state index contributed by atoms with van der Waals surface area (Å²) in [7, 11) is 0. The molecule has 2 atom stereocenters. The van der Waals surface area contributed by atoms with Gasteiger partial charge >= 0.3 is 0 Å². The number of hydrogen-bond acceptors (Lipinski definition) is 3. The Morgan fingerprint density at radius 3 is 2.36 bits per heavy atom. The second kappa shape index (κ2) is 6.85. The van der Waals surface area contributed by atoms with Crippen molar-refractivity contribution in [1.82, 2.24) is 15.0 Å². The average molecular weight is 358 g/mol. The standard InChI is InChI=1S/C17H16BrN3O/c18-15-8-6-14(7-9-15)17(22)16(12-21-11-10-19-20-21)13-4-2-1-3-5-13/h1-11,16-17,22H,12H2/t16-,17+/m1/s1. The molecule has 0 aliphatic heterocycles. The van der Waals surface area contributed by atoms with Crippen molar-refractivity contribution in [1.29, 1.82) is 0 Å². The number of rotatable bonds is 5. The van der Waals surface area contributed by atoms with Crippen molar-refractivity contribution in [2.24, 2.45) is 0 Å². The summed E-state index contributed by atoms with van der Waals surface area (Å²) in [6.07, 6.45) is 2.85. The third-order valence-corrected chi connectivity index (χ3v) is 4.20. The molecule has 0 aliphatic rings. The van der Waals surface area contributed by atoms with E-state index < -0.39 is 6.10 Å². The maximum Gasteiger partial charge on any atom is 0.0876 e. The molecule has 0 bridgehead atoms. The molecule has 3 rings (SSSR count). The molecule has 1 aromatic heterocycles. The molecule has 0 amide bonds. The molecule has 112 valence electrons. The van der Waals surface area contributed by atoms with Gasteiger partial charge in [0, 0.05) is 16.6 Å². The lowest BCUT2D eigenvalue weighted by molar-refractivity contribution is 0.133. The molecule has 1 N–H and O–H groups in total. The molecule has 0 unspecified atom stereocenters. The molecule has 4 nitrogen and oxygen atoms in total. The normalized spacial score (nSPS) is 13.7. The molecule has 22 heavy (non-hydrogen) atoms. The molecule has 3 aromatic rings. The highest BCUT2D eigenvalue weighted by molar-refractivity contribution is 9.10. The highest BCUT2D eigenvalue weighted by atomic mass is 79.9. The number of nitrogens with zero attached hydrogens (tertiary/aromatic N) is 3. The van der Waals surface area contributed by atoms with Crippen LogP contribution in [-0.2, 0) is 6.54 Å². The smallest absolute Gasteiger partial charge is 0.0876 e. The van der Waals surface area contributed by atoms with Gasteiger partial charge in [0.15, 0.2) is 0 Å². The van der Waals surface area contributed by atoms with Crippen molar-refractivity contribution >= 4 is 15.9 Å². The van der Waals surface area contributed by atoms with E-state index in [-0.39, 0.29) is 5.92 Å². The Hall–Kier alpha value is -1.98. The van der Waals surface area contributed by atoms with E-state index in [1.165, 1.54) is 0 Å². The van der Waals surface area contributed by atoms with Crippen molar-refractivity contribution in [2.45, 2.75) is 18.6 Å². The second-order valence-corrected chi connectivity index (χ2v) is 6.05. The Kier molecular flexibility index (Phi) is 4.65. The predicted octanol–water partition coefficient (Wildman–Crippen LogP) is 3.56. The van der Waals surface area contributed by atoms with Crippen LogP contribution in [-0.4, -0.2) is 20.1 Å². The third kappa shape index (κ3) is 3.43. The fourth-order valence-corrected chi connectivity index (χ4v) is 2.78. The lowest BCUT2D eigenvalue weighted by Gasteiger charge is -2.23. The maximum absolute atomic E-state index is 10.8. The van der Waals surface area contributed by atoms with Crippen LogP contribution in [0.5, 0.6) is 0 Å². The number of aliphatic hydroxyl groups excluding tert-OH is 1. The Balaban J connectivity index is 1.92. The molecule has 2 aromatic carbocycles. The molecular formula is C17H16BrN3O. The van der Waals surface area contributed by atoms with Crippen LogP contribution in [0.4, 0.5) is 0 Å². The van der Waals surface area contributed by atoms with Gasteiger partial charge in [-0.25, -0.2) is 0 Å². The van der Waals surface area contributed by atoms with Crippen molar-refractivity contribution in [3.05, 3.63) is 82.6 Å². The summed E-state index contributed by atoms with van der Waals surface area (Å²) in [6, 6.07) is 17.8. The van der Waals surface area contributed by atoms with E-state index in [4.69, 9.17) is 0 Å². The fraction of sp³-hybridized carbons (Fsp3) is 0.176. The SMILES string of the molecule is O[C@@H](c1ccc(Br)cc1)[C@H](Cn1ccnn1)c1ccccc1. The van der Waals surface area contributed by atoms with Crippen LogP contribution in [0.15, 0.2) is 71.5 Å². The van der Waals surface area contributed by atoms with Crippen molar-refractivity contribution in [2.75, 3.05) is 0 Å². The Bertz CT molecular complexity index is 699. The first kappa shape index (κ1) is 14.9. The number of aromatic nitrogens is 3. The van der Waals surface area contributed by atoms with Gasteiger partial charge in [-0.2, -0.15) is 0 Å². The van der Waals surface area contributed by atoms with E-state index in [0.717, 1.165) is 15.6 Å². The van der Waals surface area contributed by atoms with E-state index >= 15 is 0 Å². The Labute approximate surface area is 137 Å². The third-order valence-electron chi connectivity index (χ3n) is 3.68. The van der Waals surface area contributed by atoms with Crippen LogP contribution in [0.25, 0.3) is 0 Å². The van der Waals surface area contributed by atoms with Crippen molar-refractivity contribution in [3.8, 4) is 0 Å². The van der Waals surface area contributed by atoms with Crippen LogP contribution in [0.3, 0.4) is 0 Å². The first-order chi connectivity index (χ1) is 10.7. The highest BCUT2D eigenvalue weighted by Gasteiger charge is 2.23. The largest absolute Gasteiger partial charge is 0.388 e. The maximum atomic E-state index is 10.8. The van der Waals surface area contributed by atoms with Crippen LogP contribution >= 0.6 is 15.9 Å². The summed E-state index contributed by atoms with van der Waals surface area (Å²) < 4.78 is 2.75. The first-order valence-corrected chi connectivity index (χ1v) is 7.86. The van der Waals surface area contributed by atoms with Crippen LogP contribution < -0.4 is 0 Å². The molecule has 0 saturated carbocycles. The van der Waals surface area contributed by atoms with Crippen LogP contribution in [0.1, 0.15) is 23.1 Å². The number of hydrogen-bond donors (Lipinski definition) is 1. The fourth-order valence-electron chi connectivity index (χ4n) is 2.51. The molecule has 1 heterocycles. The summed E-state index contributed by atoms with van der Waals surface area (Å²) >= 11 is 3.42. The van der Waals surface area contributed by atoms with Crippen LogP contribution in [0.2, 0.25) is 0 Å². The molecular weight excluding hydrogens is 342 g/mol. The lowest BCUT2D eigenvalue weighted by Crippen LogP contribution is -2.18. The van der Waals surface area contributed by atoms with Crippen molar-refractivity contribution in [3.63, 3.8) is 0 Å². The number of halogens is 1.